The minimum absolute atomic E-state index is 0.166. The van der Waals surface area contributed by atoms with Gasteiger partial charge >= 0.3 is 6.09 Å². The molecule has 0 spiro atoms. The fraction of sp³-hybridized carbons (Fsp3) is 0.533. The molecule has 0 bridgehead atoms. The molecule has 1 aromatic carbocycles. The number of nitrogens with zero attached hydrogens (tertiary/aromatic N) is 1. The molecule has 9 heteroatoms. The van der Waals surface area contributed by atoms with Crippen molar-refractivity contribution in [3.05, 3.63) is 29.0 Å². The molecule has 0 aromatic heterocycles. The highest BCUT2D eigenvalue weighted by Crippen LogP contribution is 2.22. The molecule has 0 heterocycles. The Labute approximate surface area is 146 Å². The van der Waals surface area contributed by atoms with Crippen LogP contribution in [0.4, 0.5) is 9.18 Å². The van der Waals surface area contributed by atoms with E-state index in [1.165, 1.54) is 4.90 Å². The summed E-state index contributed by atoms with van der Waals surface area (Å²) in [4.78, 5) is 12.3. The average Bonchev–Trinajstić information content (AvgIpc) is 2.35. The van der Waals surface area contributed by atoms with E-state index in [1.807, 2.05) is 0 Å². The minimum Gasteiger partial charge on any atom is -0.465 e. The summed E-state index contributed by atoms with van der Waals surface area (Å²) in [6.45, 7) is 7.06. The summed E-state index contributed by atoms with van der Waals surface area (Å²) in [6.07, 6.45) is -0.791. The van der Waals surface area contributed by atoms with E-state index < -0.39 is 33.5 Å². The number of hydrogen-bond acceptors (Lipinski definition) is 3. The van der Waals surface area contributed by atoms with Gasteiger partial charge in [0.25, 0.3) is 0 Å². The highest BCUT2D eigenvalue weighted by Gasteiger charge is 2.27. The van der Waals surface area contributed by atoms with Crippen molar-refractivity contribution in [1.29, 1.82) is 0 Å². The number of hydrogen-bond donors (Lipinski definition) is 2. The molecule has 0 saturated heterocycles. The van der Waals surface area contributed by atoms with E-state index in [2.05, 4.69) is 4.72 Å². The average molecular weight is 381 g/mol. The van der Waals surface area contributed by atoms with Crippen LogP contribution < -0.4 is 4.72 Å². The van der Waals surface area contributed by atoms with Crippen LogP contribution in [0.15, 0.2) is 23.1 Å². The largest absolute Gasteiger partial charge is 0.465 e. The van der Waals surface area contributed by atoms with E-state index in [0.717, 1.165) is 18.2 Å². The second-order valence-electron chi connectivity index (χ2n) is 6.49. The molecule has 1 atom stereocenters. The zero-order valence-electron chi connectivity index (χ0n) is 14.0. The van der Waals surface area contributed by atoms with Crippen LogP contribution in [0.5, 0.6) is 0 Å². The molecular weight excluding hydrogens is 359 g/mol. The molecule has 1 unspecified atom stereocenters. The normalized spacial score (nSPS) is 13.6. The van der Waals surface area contributed by atoms with E-state index in [1.54, 1.807) is 27.7 Å². The van der Waals surface area contributed by atoms with Gasteiger partial charge in [-0.2, -0.15) is 0 Å². The fourth-order valence-electron chi connectivity index (χ4n) is 2.12. The molecule has 1 amide bonds. The van der Waals surface area contributed by atoms with Gasteiger partial charge in [0.15, 0.2) is 0 Å². The van der Waals surface area contributed by atoms with Gasteiger partial charge < -0.3 is 10.0 Å². The van der Waals surface area contributed by atoms with Crippen molar-refractivity contribution >= 4 is 27.7 Å². The molecule has 0 aliphatic heterocycles. The van der Waals surface area contributed by atoms with Gasteiger partial charge in [-0.05, 0) is 52.3 Å². The van der Waals surface area contributed by atoms with Gasteiger partial charge in [-0.3, -0.25) is 0 Å². The lowest BCUT2D eigenvalue weighted by atomic mass is 10.1. The van der Waals surface area contributed by atoms with Gasteiger partial charge in [0, 0.05) is 18.1 Å². The van der Waals surface area contributed by atoms with Crippen LogP contribution in [0.25, 0.3) is 0 Å². The number of carbonyl (C=O) groups is 1. The Hall–Kier alpha value is -1.38. The monoisotopic (exact) mass is 380 g/mol. The van der Waals surface area contributed by atoms with Crippen molar-refractivity contribution in [3.63, 3.8) is 0 Å². The highest BCUT2D eigenvalue weighted by molar-refractivity contribution is 7.89. The van der Waals surface area contributed by atoms with Crippen LogP contribution in [0.1, 0.15) is 34.1 Å². The Bertz CT molecular complexity index is 704. The van der Waals surface area contributed by atoms with Crippen molar-refractivity contribution in [1.82, 2.24) is 9.62 Å². The molecular formula is C15H22ClFN2O4S. The first-order valence-electron chi connectivity index (χ1n) is 7.32. The smallest absolute Gasteiger partial charge is 0.407 e. The van der Waals surface area contributed by atoms with E-state index >= 15 is 0 Å². The van der Waals surface area contributed by atoms with Crippen LogP contribution >= 0.6 is 11.6 Å². The number of benzene rings is 1. The summed E-state index contributed by atoms with van der Waals surface area (Å²) in [5.74, 6) is -0.630. The number of amides is 1. The highest BCUT2D eigenvalue weighted by atomic mass is 35.5. The molecule has 0 saturated carbocycles. The first kappa shape index (κ1) is 20.7. The molecule has 24 heavy (non-hydrogen) atoms. The zero-order chi connectivity index (χ0) is 18.7. The van der Waals surface area contributed by atoms with E-state index in [0.29, 0.717) is 0 Å². The topological polar surface area (TPSA) is 86.7 Å². The quantitative estimate of drug-likeness (QED) is 0.792. The molecule has 0 aliphatic rings. The molecule has 0 aliphatic carbocycles. The Morgan fingerprint density at radius 1 is 1.42 bits per heavy atom. The number of carboxylic acid groups (broad SMARTS) is 1. The summed E-state index contributed by atoms with van der Waals surface area (Å²) >= 11 is 5.78. The summed E-state index contributed by atoms with van der Waals surface area (Å²) in [5.41, 5.74) is -0.593. The van der Waals surface area contributed by atoms with Gasteiger partial charge in [-0.15, -0.1) is 0 Å². The molecule has 1 rings (SSSR count). The maximum Gasteiger partial charge on any atom is 0.407 e. The van der Waals surface area contributed by atoms with E-state index in [9.17, 15) is 22.7 Å². The Morgan fingerprint density at radius 3 is 2.46 bits per heavy atom. The number of nitrogens with one attached hydrogen (secondary N) is 1. The van der Waals surface area contributed by atoms with Crippen LogP contribution in [0.2, 0.25) is 5.02 Å². The van der Waals surface area contributed by atoms with Crippen molar-refractivity contribution in [3.8, 4) is 0 Å². The SMILES string of the molecule is CC(CCN(C(=O)O)C(C)(C)C)NS(=O)(=O)c1ccc(F)cc1Cl. The summed E-state index contributed by atoms with van der Waals surface area (Å²) in [6, 6.07) is 2.50. The van der Waals surface area contributed by atoms with Crippen molar-refractivity contribution in [2.24, 2.45) is 0 Å². The lowest BCUT2D eigenvalue weighted by molar-refractivity contribution is 0.0983. The van der Waals surface area contributed by atoms with Gasteiger partial charge in [0.05, 0.1) is 5.02 Å². The third-order valence-corrected chi connectivity index (χ3v) is 5.44. The molecule has 2 N–H and O–H groups in total. The first-order valence-corrected chi connectivity index (χ1v) is 9.18. The molecule has 6 nitrogen and oxygen atoms in total. The number of halogens is 2. The fourth-order valence-corrected chi connectivity index (χ4v) is 3.93. The van der Waals surface area contributed by atoms with E-state index in [-0.39, 0.29) is 22.9 Å². The predicted molar refractivity (Wildman–Crippen MR) is 90.3 cm³/mol. The van der Waals surface area contributed by atoms with Crippen LogP contribution in [0.3, 0.4) is 0 Å². The first-order chi connectivity index (χ1) is 10.8. The minimum atomic E-state index is -3.93. The third-order valence-electron chi connectivity index (χ3n) is 3.37. The number of sulfonamides is 1. The summed E-state index contributed by atoms with van der Waals surface area (Å²) < 4.78 is 40.1. The number of rotatable bonds is 6. The van der Waals surface area contributed by atoms with Crippen molar-refractivity contribution < 1.29 is 22.7 Å². The van der Waals surface area contributed by atoms with Gasteiger partial charge in [0.1, 0.15) is 10.7 Å². The molecule has 0 fully saturated rings. The third kappa shape index (κ3) is 5.61. The maximum absolute atomic E-state index is 13.0. The Kier molecular flexibility index (Phi) is 6.60. The standard InChI is InChI=1S/C15H22ClFN2O4S/c1-10(7-8-19(14(20)21)15(2,3)4)18-24(22,23)13-6-5-11(17)9-12(13)16/h5-6,9-10,18H,7-8H2,1-4H3,(H,20,21). The predicted octanol–water partition coefficient (Wildman–Crippen LogP) is 3.31. The van der Waals surface area contributed by atoms with E-state index in [4.69, 9.17) is 11.6 Å². The van der Waals surface area contributed by atoms with Crippen molar-refractivity contribution in [2.75, 3.05) is 6.54 Å². The van der Waals surface area contributed by atoms with Gasteiger partial charge in [0.2, 0.25) is 10.0 Å². The second-order valence-corrected chi connectivity index (χ2v) is 8.58. The Balaban J connectivity index is 2.79. The van der Waals surface area contributed by atoms with Crippen LogP contribution in [-0.4, -0.2) is 42.6 Å². The zero-order valence-corrected chi connectivity index (χ0v) is 15.6. The van der Waals surface area contributed by atoms with Gasteiger partial charge in [-0.25, -0.2) is 22.3 Å². The van der Waals surface area contributed by atoms with Crippen molar-refractivity contribution in [2.45, 2.75) is 50.6 Å². The molecule has 136 valence electrons. The molecule has 0 radical (unpaired) electrons. The van der Waals surface area contributed by atoms with Crippen LogP contribution in [-0.2, 0) is 10.0 Å². The summed E-state index contributed by atoms with van der Waals surface area (Å²) in [7, 11) is -3.93. The lowest BCUT2D eigenvalue weighted by Crippen LogP contribution is -2.47. The lowest BCUT2D eigenvalue weighted by Gasteiger charge is -2.33. The van der Waals surface area contributed by atoms with Crippen LogP contribution in [0, 0.1) is 5.82 Å². The maximum atomic E-state index is 13.0. The summed E-state index contributed by atoms with van der Waals surface area (Å²) in [5, 5.41) is 9.02. The van der Waals surface area contributed by atoms with Gasteiger partial charge in [-0.1, -0.05) is 11.6 Å². The second kappa shape index (κ2) is 7.67. The Morgan fingerprint density at radius 2 is 2.00 bits per heavy atom. The molecule has 1 aromatic rings.